The van der Waals surface area contributed by atoms with E-state index in [0.29, 0.717) is 0 Å². The molecule has 2 rings (SSSR count). The Morgan fingerprint density at radius 3 is 2.14 bits per heavy atom. The van der Waals surface area contributed by atoms with Crippen LogP contribution in [0, 0.1) is 11.7 Å². The Balaban J connectivity index is 2.30. The van der Waals surface area contributed by atoms with E-state index in [1.165, 1.54) is 12.1 Å². The van der Waals surface area contributed by atoms with E-state index in [1.54, 1.807) is 12.1 Å². The number of hydrogen-bond donors (Lipinski definition) is 1. The minimum absolute atomic E-state index is 0.0348. The molecule has 2 unspecified atom stereocenters. The normalized spacial score (nSPS) is 25.8. The number of rotatable bonds is 3. The summed E-state index contributed by atoms with van der Waals surface area (Å²) in [6.07, 6.45) is 0.256. The van der Waals surface area contributed by atoms with Crippen LogP contribution in [0.25, 0.3) is 0 Å². The van der Waals surface area contributed by atoms with Gasteiger partial charge in [-0.15, -0.1) is 0 Å². The summed E-state index contributed by atoms with van der Waals surface area (Å²) in [5, 5.41) is 11.0. The van der Waals surface area contributed by atoms with E-state index in [4.69, 9.17) is 4.74 Å². The Bertz CT molecular complexity index is 502. The standard InChI is InChI=1S/C18H27FO2/c1-16(2)11-14(18(5,6)21-16)15(20)17(3,4)12-7-9-13(19)10-8-12/h7-10,14-15,20H,11H2,1-6H3. The molecule has 1 heterocycles. The summed E-state index contributed by atoms with van der Waals surface area (Å²) in [6.45, 7) is 12.2. The molecule has 2 nitrogen and oxygen atoms in total. The molecule has 1 aromatic carbocycles. The summed E-state index contributed by atoms with van der Waals surface area (Å²) in [7, 11) is 0. The summed E-state index contributed by atoms with van der Waals surface area (Å²) in [4.78, 5) is 0. The monoisotopic (exact) mass is 294 g/mol. The maximum atomic E-state index is 13.1. The largest absolute Gasteiger partial charge is 0.392 e. The number of benzene rings is 1. The van der Waals surface area contributed by atoms with Crippen molar-refractivity contribution in [3.63, 3.8) is 0 Å². The van der Waals surface area contributed by atoms with Gasteiger partial charge >= 0.3 is 0 Å². The topological polar surface area (TPSA) is 29.5 Å². The molecule has 118 valence electrons. The lowest BCUT2D eigenvalue weighted by Crippen LogP contribution is -2.46. The predicted molar refractivity (Wildman–Crippen MR) is 82.8 cm³/mol. The molecule has 1 aliphatic heterocycles. The molecule has 0 amide bonds. The van der Waals surface area contributed by atoms with E-state index in [0.717, 1.165) is 12.0 Å². The molecule has 1 fully saturated rings. The highest BCUT2D eigenvalue weighted by Gasteiger charge is 2.52. The molecular formula is C18H27FO2. The molecule has 0 aromatic heterocycles. The van der Waals surface area contributed by atoms with E-state index >= 15 is 0 Å². The van der Waals surface area contributed by atoms with Gasteiger partial charge in [0.2, 0.25) is 0 Å². The van der Waals surface area contributed by atoms with Crippen molar-refractivity contribution in [2.75, 3.05) is 0 Å². The smallest absolute Gasteiger partial charge is 0.123 e. The molecular weight excluding hydrogens is 267 g/mol. The summed E-state index contributed by atoms with van der Waals surface area (Å²) >= 11 is 0. The zero-order valence-electron chi connectivity index (χ0n) is 13.9. The van der Waals surface area contributed by atoms with Gasteiger partial charge in [-0.05, 0) is 51.8 Å². The fourth-order valence-electron chi connectivity index (χ4n) is 3.65. The lowest BCUT2D eigenvalue weighted by Gasteiger charge is -2.39. The third kappa shape index (κ3) is 3.14. The second-order valence-electron chi connectivity index (χ2n) is 7.95. The molecule has 2 atom stereocenters. The SMILES string of the molecule is CC1(C)CC(C(O)C(C)(C)c2ccc(F)cc2)C(C)(C)O1. The second kappa shape index (κ2) is 5.06. The molecule has 1 saturated heterocycles. The highest BCUT2D eigenvalue weighted by molar-refractivity contribution is 5.26. The molecule has 0 radical (unpaired) electrons. The highest BCUT2D eigenvalue weighted by Crippen LogP contribution is 2.47. The Morgan fingerprint density at radius 1 is 1.19 bits per heavy atom. The summed E-state index contributed by atoms with van der Waals surface area (Å²) in [5.74, 6) is -0.220. The van der Waals surface area contributed by atoms with Gasteiger partial charge in [0.25, 0.3) is 0 Å². The van der Waals surface area contributed by atoms with Gasteiger partial charge in [-0.25, -0.2) is 4.39 Å². The van der Waals surface area contributed by atoms with Crippen LogP contribution in [0.5, 0.6) is 0 Å². The first-order valence-electron chi connectivity index (χ1n) is 7.60. The zero-order chi connectivity index (χ0) is 16.1. The first-order valence-corrected chi connectivity index (χ1v) is 7.60. The molecule has 0 saturated carbocycles. The van der Waals surface area contributed by atoms with Crippen molar-refractivity contribution in [1.29, 1.82) is 0 Å². The van der Waals surface area contributed by atoms with Crippen LogP contribution in [0.4, 0.5) is 4.39 Å². The van der Waals surface area contributed by atoms with Gasteiger partial charge in [0.1, 0.15) is 5.82 Å². The second-order valence-corrected chi connectivity index (χ2v) is 7.95. The third-order valence-corrected chi connectivity index (χ3v) is 4.85. The number of hydrogen-bond acceptors (Lipinski definition) is 2. The average molecular weight is 294 g/mol. The summed E-state index contributed by atoms with van der Waals surface area (Å²) < 4.78 is 19.2. The zero-order valence-corrected chi connectivity index (χ0v) is 13.9. The van der Waals surface area contributed by atoms with Crippen molar-refractivity contribution in [3.8, 4) is 0 Å². The maximum absolute atomic E-state index is 13.1. The average Bonchev–Trinajstić information content (AvgIpc) is 2.56. The van der Waals surface area contributed by atoms with Crippen LogP contribution >= 0.6 is 0 Å². The van der Waals surface area contributed by atoms with Crippen molar-refractivity contribution >= 4 is 0 Å². The van der Waals surface area contributed by atoms with Crippen LogP contribution in [0.1, 0.15) is 53.5 Å². The van der Waals surface area contributed by atoms with Gasteiger partial charge in [-0.1, -0.05) is 26.0 Å². The van der Waals surface area contributed by atoms with Gasteiger partial charge in [0.05, 0.1) is 17.3 Å². The third-order valence-electron chi connectivity index (χ3n) is 4.85. The number of aliphatic hydroxyl groups is 1. The first kappa shape index (κ1) is 16.4. The van der Waals surface area contributed by atoms with Gasteiger partial charge in [0.15, 0.2) is 0 Å². The Labute approximate surface area is 127 Å². The maximum Gasteiger partial charge on any atom is 0.123 e. The lowest BCUT2D eigenvalue weighted by molar-refractivity contribution is -0.0948. The van der Waals surface area contributed by atoms with E-state index in [2.05, 4.69) is 13.8 Å². The Kier molecular flexibility index (Phi) is 3.96. The number of aliphatic hydroxyl groups excluding tert-OH is 1. The van der Waals surface area contributed by atoms with Crippen molar-refractivity contribution in [1.82, 2.24) is 0 Å². The summed E-state index contributed by atoms with van der Waals surface area (Å²) in [5.41, 5.74) is -0.120. The lowest BCUT2D eigenvalue weighted by atomic mass is 9.69. The minimum atomic E-state index is -0.556. The quantitative estimate of drug-likeness (QED) is 0.911. The van der Waals surface area contributed by atoms with E-state index < -0.39 is 11.5 Å². The molecule has 1 aromatic rings. The van der Waals surface area contributed by atoms with E-state index in [-0.39, 0.29) is 22.9 Å². The van der Waals surface area contributed by atoms with Gasteiger partial charge in [0, 0.05) is 11.3 Å². The molecule has 3 heteroatoms. The number of halogens is 1. The van der Waals surface area contributed by atoms with Crippen LogP contribution in [-0.2, 0) is 10.2 Å². The highest BCUT2D eigenvalue weighted by atomic mass is 19.1. The minimum Gasteiger partial charge on any atom is -0.392 e. The van der Waals surface area contributed by atoms with Crippen LogP contribution in [0.15, 0.2) is 24.3 Å². The van der Waals surface area contributed by atoms with Gasteiger partial charge < -0.3 is 9.84 Å². The van der Waals surface area contributed by atoms with E-state index in [1.807, 2.05) is 27.7 Å². The van der Waals surface area contributed by atoms with Crippen LogP contribution < -0.4 is 0 Å². The van der Waals surface area contributed by atoms with Crippen LogP contribution in [0.2, 0.25) is 0 Å². The molecule has 0 bridgehead atoms. The number of ether oxygens (including phenoxy) is 1. The van der Waals surface area contributed by atoms with Crippen molar-refractivity contribution in [2.24, 2.45) is 5.92 Å². The van der Waals surface area contributed by atoms with E-state index in [9.17, 15) is 9.50 Å². The Morgan fingerprint density at radius 2 is 1.71 bits per heavy atom. The van der Waals surface area contributed by atoms with Crippen molar-refractivity contribution < 1.29 is 14.2 Å². The van der Waals surface area contributed by atoms with Crippen molar-refractivity contribution in [2.45, 2.75) is 70.7 Å². The molecule has 0 spiro atoms. The fourth-order valence-corrected chi connectivity index (χ4v) is 3.65. The van der Waals surface area contributed by atoms with Gasteiger partial charge in [-0.2, -0.15) is 0 Å². The predicted octanol–water partition coefficient (Wildman–Crippen LogP) is 4.06. The van der Waals surface area contributed by atoms with Gasteiger partial charge in [-0.3, -0.25) is 0 Å². The molecule has 1 aliphatic rings. The fraction of sp³-hybridized carbons (Fsp3) is 0.667. The summed E-state index contributed by atoms with van der Waals surface area (Å²) in [6, 6.07) is 6.41. The van der Waals surface area contributed by atoms with Crippen molar-refractivity contribution in [3.05, 3.63) is 35.6 Å². The Hall–Kier alpha value is -0.930. The molecule has 0 aliphatic carbocycles. The molecule has 21 heavy (non-hydrogen) atoms. The van der Waals surface area contributed by atoms with Crippen LogP contribution in [-0.4, -0.2) is 22.4 Å². The molecule has 1 N–H and O–H groups in total. The van der Waals surface area contributed by atoms with Crippen LogP contribution in [0.3, 0.4) is 0 Å². The first-order chi connectivity index (χ1) is 9.46.